The van der Waals surface area contributed by atoms with Crippen molar-refractivity contribution in [3.8, 4) is 0 Å². The van der Waals surface area contributed by atoms with Crippen molar-refractivity contribution in [3.63, 3.8) is 0 Å². The maximum atomic E-state index is 13.5. The number of nitrogens with one attached hydrogen (secondary N) is 1. The Bertz CT molecular complexity index is 433. The average Bonchev–Trinajstić information content (AvgIpc) is 2.38. The SMILES string of the molecule is CCN(CC)CC(C)NC(=O)c1cccc(F)c1F. The Morgan fingerprint density at radius 1 is 1.32 bits per heavy atom. The minimum absolute atomic E-state index is 0.130. The molecule has 0 aliphatic heterocycles. The Labute approximate surface area is 112 Å². The topological polar surface area (TPSA) is 32.3 Å². The van der Waals surface area contributed by atoms with Crippen molar-refractivity contribution in [1.82, 2.24) is 10.2 Å². The number of halogens is 2. The van der Waals surface area contributed by atoms with Crippen molar-refractivity contribution < 1.29 is 13.6 Å². The number of hydrogen-bond donors (Lipinski definition) is 1. The van der Waals surface area contributed by atoms with Crippen LogP contribution in [0.2, 0.25) is 0 Å². The molecular weight excluding hydrogens is 250 g/mol. The van der Waals surface area contributed by atoms with Crippen LogP contribution in [0.1, 0.15) is 31.1 Å². The molecule has 106 valence electrons. The predicted octanol–water partition coefficient (Wildman–Crippen LogP) is 2.42. The molecule has 0 aliphatic rings. The highest BCUT2D eigenvalue weighted by Crippen LogP contribution is 2.11. The molecule has 5 heteroatoms. The summed E-state index contributed by atoms with van der Waals surface area (Å²) in [5, 5.41) is 2.68. The van der Waals surface area contributed by atoms with Gasteiger partial charge < -0.3 is 10.2 Å². The zero-order chi connectivity index (χ0) is 14.4. The van der Waals surface area contributed by atoms with E-state index in [4.69, 9.17) is 0 Å². The van der Waals surface area contributed by atoms with E-state index in [1.807, 2.05) is 20.8 Å². The number of hydrogen-bond acceptors (Lipinski definition) is 2. The minimum atomic E-state index is -1.10. The van der Waals surface area contributed by atoms with Crippen molar-refractivity contribution in [1.29, 1.82) is 0 Å². The van der Waals surface area contributed by atoms with Gasteiger partial charge in [-0.15, -0.1) is 0 Å². The molecule has 1 aromatic rings. The lowest BCUT2D eigenvalue weighted by molar-refractivity contribution is 0.0925. The van der Waals surface area contributed by atoms with Gasteiger partial charge in [-0.1, -0.05) is 19.9 Å². The zero-order valence-electron chi connectivity index (χ0n) is 11.5. The van der Waals surface area contributed by atoms with Crippen LogP contribution in [0.25, 0.3) is 0 Å². The third-order valence-electron chi connectivity index (χ3n) is 3.00. The number of carbonyl (C=O) groups is 1. The minimum Gasteiger partial charge on any atom is -0.348 e. The highest BCUT2D eigenvalue weighted by atomic mass is 19.2. The summed E-state index contributed by atoms with van der Waals surface area (Å²) < 4.78 is 26.5. The van der Waals surface area contributed by atoms with Gasteiger partial charge in [-0.25, -0.2) is 8.78 Å². The molecule has 1 aromatic carbocycles. The molecule has 0 saturated carbocycles. The number of amides is 1. The second-order valence-corrected chi connectivity index (χ2v) is 4.46. The number of nitrogens with zero attached hydrogens (tertiary/aromatic N) is 1. The number of rotatable bonds is 6. The van der Waals surface area contributed by atoms with Gasteiger partial charge in [-0.05, 0) is 32.1 Å². The van der Waals surface area contributed by atoms with Crippen LogP contribution in [0.15, 0.2) is 18.2 Å². The van der Waals surface area contributed by atoms with Gasteiger partial charge in [0.25, 0.3) is 5.91 Å². The largest absolute Gasteiger partial charge is 0.348 e. The first kappa shape index (κ1) is 15.6. The van der Waals surface area contributed by atoms with E-state index in [-0.39, 0.29) is 11.6 Å². The molecule has 0 radical (unpaired) electrons. The van der Waals surface area contributed by atoms with Crippen LogP contribution < -0.4 is 5.32 Å². The van der Waals surface area contributed by atoms with Gasteiger partial charge in [-0.2, -0.15) is 0 Å². The van der Waals surface area contributed by atoms with Gasteiger partial charge in [0.2, 0.25) is 0 Å². The molecule has 1 amide bonds. The average molecular weight is 270 g/mol. The van der Waals surface area contributed by atoms with Crippen LogP contribution in [0.3, 0.4) is 0 Å². The Balaban J connectivity index is 2.66. The number of benzene rings is 1. The van der Waals surface area contributed by atoms with Gasteiger partial charge in [0, 0.05) is 12.6 Å². The first-order valence-corrected chi connectivity index (χ1v) is 6.46. The van der Waals surface area contributed by atoms with E-state index >= 15 is 0 Å². The van der Waals surface area contributed by atoms with Gasteiger partial charge >= 0.3 is 0 Å². The van der Waals surface area contributed by atoms with E-state index < -0.39 is 17.5 Å². The molecule has 1 N–H and O–H groups in total. The normalized spacial score (nSPS) is 12.5. The summed E-state index contributed by atoms with van der Waals surface area (Å²) in [6, 6.07) is 3.46. The Kier molecular flexibility index (Phi) is 5.89. The smallest absolute Gasteiger partial charge is 0.254 e. The standard InChI is InChI=1S/C14H20F2N2O/c1-4-18(5-2)9-10(3)17-14(19)11-7-6-8-12(15)13(11)16/h6-8,10H,4-5,9H2,1-3H3,(H,17,19). The van der Waals surface area contributed by atoms with Crippen LogP contribution in [0.5, 0.6) is 0 Å². The molecular formula is C14H20F2N2O. The first-order chi connectivity index (χ1) is 8.99. The molecule has 0 spiro atoms. The highest BCUT2D eigenvalue weighted by molar-refractivity contribution is 5.94. The van der Waals surface area contributed by atoms with Crippen molar-refractivity contribution in [2.24, 2.45) is 0 Å². The van der Waals surface area contributed by atoms with Gasteiger partial charge in [-0.3, -0.25) is 4.79 Å². The van der Waals surface area contributed by atoms with Crippen LogP contribution in [0, 0.1) is 11.6 Å². The summed E-state index contributed by atoms with van der Waals surface area (Å²) in [7, 11) is 0. The number of carbonyl (C=O) groups excluding carboxylic acids is 1. The molecule has 0 aromatic heterocycles. The summed E-state index contributed by atoms with van der Waals surface area (Å²) in [5.41, 5.74) is -0.258. The lowest BCUT2D eigenvalue weighted by atomic mass is 10.1. The molecule has 0 bridgehead atoms. The molecule has 19 heavy (non-hydrogen) atoms. The van der Waals surface area contributed by atoms with Crippen LogP contribution in [-0.2, 0) is 0 Å². The van der Waals surface area contributed by atoms with Crippen LogP contribution >= 0.6 is 0 Å². The second-order valence-electron chi connectivity index (χ2n) is 4.46. The summed E-state index contributed by atoms with van der Waals surface area (Å²) >= 11 is 0. The summed E-state index contributed by atoms with van der Waals surface area (Å²) in [4.78, 5) is 14.0. The molecule has 1 unspecified atom stereocenters. The van der Waals surface area contributed by atoms with Gasteiger partial charge in [0.1, 0.15) is 0 Å². The molecule has 0 saturated heterocycles. The van der Waals surface area contributed by atoms with Gasteiger partial charge in [0.15, 0.2) is 11.6 Å². The lowest BCUT2D eigenvalue weighted by Gasteiger charge is -2.23. The second kappa shape index (κ2) is 7.19. The predicted molar refractivity (Wildman–Crippen MR) is 71.1 cm³/mol. The maximum absolute atomic E-state index is 13.5. The molecule has 0 aliphatic carbocycles. The van der Waals surface area contributed by atoms with Crippen LogP contribution in [-0.4, -0.2) is 36.5 Å². The fraction of sp³-hybridized carbons (Fsp3) is 0.500. The maximum Gasteiger partial charge on any atom is 0.254 e. The quantitative estimate of drug-likeness (QED) is 0.861. The molecule has 1 atom stereocenters. The van der Waals surface area contributed by atoms with E-state index in [9.17, 15) is 13.6 Å². The molecule has 1 rings (SSSR count). The summed E-state index contributed by atoms with van der Waals surface area (Å²) in [6.07, 6.45) is 0. The van der Waals surface area contributed by atoms with E-state index in [1.165, 1.54) is 12.1 Å². The van der Waals surface area contributed by atoms with E-state index in [2.05, 4.69) is 10.2 Å². The highest BCUT2D eigenvalue weighted by Gasteiger charge is 2.17. The summed E-state index contributed by atoms with van der Waals surface area (Å²) in [5.74, 6) is -2.70. The van der Waals surface area contributed by atoms with E-state index in [1.54, 1.807) is 0 Å². The Morgan fingerprint density at radius 2 is 1.95 bits per heavy atom. The summed E-state index contributed by atoms with van der Waals surface area (Å²) in [6.45, 7) is 8.34. The molecule has 3 nitrogen and oxygen atoms in total. The van der Waals surface area contributed by atoms with Crippen molar-refractivity contribution in [2.45, 2.75) is 26.8 Å². The van der Waals surface area contributed by atoms with Crippen molar-refractivity contribution >= 4 is 5.91 Å². The third kappa shape index (κ3) is 4.28. The zero-order valence-corrected chi connectivity index (χ0v) is 11.5. The number of likely N-dealkylation sites (N-methyl/N-ethyl adjacent to an activating group) is 1. The van der Waals surface area contributed by atoms with Crippen LogP contribution in [0.4, 0.5) is 8.78 Å². The fourth-order valence-electron chi connectivity index (χ4n) is 1.90. The van der Waals surface area contributed by atoms with E-state index in [0.29, 0.717) is 6.54 Å². The Morgan fingerprint density at radius 3 is 2.53 bits per heavy atom. The van der Waals surface area contributed by atoms with E-state index in [0.717, 1.165) is 19.2 Å². The third-order valence-corrected chi connectivity index (χ3v) is 3.00. The fourth-order valence-corrected chi connectivity index (χ4v) is 1.90. The van der Waals surface area contributed by atoms with Crippen molar-refractivity contribution in [3.05, 3.63) is 35.4 Å². The molecule has 0 fully saturated rings. The Hall–Kier alpha value is -1.49. The van der Waals surface area contributed by atoms with Gasteiger partial charge in [0.05, 0.1) is 5.56 Å². The molecule has 0 heterocycles. The lowest BCUT2D eigenvalue weighted by Crippen LogP contribution is -2.42. The first-order valence-electron chi connectivity index (χ1n) is 6.46. The van der Waals surface area contributed by atoms with Crippen molar-refractivity contribution in [2.75, 3.05) is 19.6 Å². The monoisotopic (exact) mass is 270 g/mol.